The number of thiophene rings is 1. The third kappa shape index (κ3) is 10.2. The number of carbonyl (C=O) groups excluding carboxylic acids is 3. The molecule has 2 aromatic carbocycles. The van der Waals surface area contributed by atoms with Crippen LogP contribution in [0.15, 0.2) is 54.6 Å². The molecule has 4 rings (SSSR count). The molecule has 2 heterocycles. The molecule has 3 aromatic rings. The number of alkyl carbamates (subject to hydrolysis) is 1. The largest absolute Gasteiger partial charge is 0.444 e. The first-order valence-corrected chi connectivity index (χ1v) is 16.7. The normalized spacial score (nSPS) is 14.7. The third-order valence-electron chi connectivity index (χ3n) is 7.49. The van der Waals surface area contributed by atoms with E-state index in [9.17, 15) is 14.4 Å². The van der Waals surface area contributed by atoms with Gasteiger partial charge in [0.25, 0.3) is 5.91 Å². The average Bonchev–Trinajstić information content (AvgIpc) is 3.45. The lowest BCUT2D eigenvalue weighted by molar-refractivity contribution is 0.0210. The number of piperidine rings is 1. The van der Waals surface area contributed by atoms with Crippen LogP contribution in [0, 0.1) is 6.92 Å². The van der Waals surface area contributed by atoms with Crippen molar-refractivity contribution in [3.63, 3.8) is 0 Å². The Morgan fingerprint density at radius 3 is 2.30 bits per heavy atom. The molecule has 9 nitrogen and oxygen atoms in total. The van der Waals surface area contributed by atoms with Crippen molar-refractivity contribution in [2.24, 2.45) is 0 Å². The fourth-order valence-corrected chi connectivity index (χ4v) is 6.09. The number of hydrogen-bond donors (Lipinski definition) is 3. The molecule has 1 aliphatic rings. The highest BCUT2D eigenvalue weighted by molar-refractivity contribution is 7.15. The van der Waals surface area contributed by atoms with Gasteiger partial charge in [0.15, 0.2) is 0 Å². The molecule has 1 aliphatic heterocycles. The predicted octanol–water partition coefficient (Wildman–Crippen LogP) is 8.05. The van der Waals surface area contributed by atoms with E-state index in [1.165, 1.54) is 0 Å². The maximum absolute atomic E-state index is 13.5. The van der Waals surface area contributed by atoms with E-state index in [0.29, 0.717) is 25.2 Å². The zero-order valence-electron chi connectivity index (χ0n) is 28.3. The first-order chi connectivity index (χ1) is 21.6. The van der Waals surface area contributed by atoms with Gasteiger partial charge in [0.2, 0.25) is 0 Å². The van der Waals surface area contributed by atoms with Crippen LogP contribution in [0.25, 0.3) is 10.4 Å². The Kier molecular flexibility index (Phi) is 11.0. The summed E-state index contributed by atoms with van der Waals surface area (Å²) in [6.07, 6.45) is 0.890. The van der Waals surface area contributed by atoms with Crippen LogP contribution in [0.4, 0.5) is 15.3 Å². The van der Waals surface area contributed by atoms with Crippen LogP contribution < -0.4 is 16.0 Å². The Morgan fingerprint density at radius 2 is 1.63 bits per heavy atom. The van der Waals surface area contributed by atoms with Crippen LogP contribution in [0.5, 0.6) is 0 Å². The third-order valence-corrected chi connectivity index (χ3v) is 8.62. The van der Waals surface area contributed by atoms with Crippen LogP contribution in [-0.4, -0.2) is 53.3 Å². The van der Waals surface area contributed by atoms with Gasteiger partial charge in [-0.25, -0.2) is 9.59 Å². The number of anilines is 1. The van der Waals surface area contributed by atoms with Crippen LogP contribution in [0.3, 0.4) is 0 Å². The average molecular weight is 649 g/mol. The standard InChI is InChI=1S/C36H48N4O5S/c1-23-12-13-28(39-27-16-18-40(19-17-27)34(43)45-36(6,7)8)21-30(23)32(41)38-24(2)25-10-9-11-26(20-25)31-15-14-29(46-31)22-37-33(42)44-35(3,4)5/h9-15,20-21,24,27,39H,16-19,22H2,1-8H3,(H,37,42)(H,38,41). The molecule has 1 aromatic heterocycles. The molecule has 0 spiro atoms. The van der Waals surface area contributed by atoms with Crippen molar-refractivity contribution in [2.75, 3.05) is 18.4 Å². The molecule has 248 valence electrons. The number of aryl methyl sites for hydroxylation is 1. The maximum atomic E-state index is 13.5. The molecular weight excluding hydrogens is 600 g/mol. The van der Waals surface area contributed by atoms with Gasteiger partial charge >= 0.3 is 12.2 Å². The highest BCUT2D eigenvalue weighted by Gasteiger charge is 2.27. The molecule has 3 N–H and O–H groups in total. The van der Waals surface area contributed by atoms with Gasteiger partial charge in [-0.15, -0.1) is 11.3 Å². The van der Waals surface area contributed by atoms with Gasteiger partial charge in [0.1, 0.15) is 11.2 Å². The van der Waals surface area contributed by atoms with Crippen molar-refractivity contribution in [2.45, 2.75) is 98.1 Å². The highest BCUT2D eigenvalue weighted by Crippen LogP contribution is 2.30. The van der Waals surface area contributed by atoms with E-state index in [1.54, 1.807) is 16.2 Å². The lowest BCUT2D eigenvalue weighted by Gasteiger charge is -2.34. The van der Waals surface area contributed by atoms with E-state index in [0.717, 1.165) is 45.0 Å². The molecule has 3 amide bonds. The van der Waals surface area contributed by atoms with Crippen LogP contribution in [0.1, 0.15) is 93.7 Å². The Balaban J connectivity index is 1.34. The molecule has 1 atom stereocenters. The fourth-order valence-electron chi connectivity index (χ4n) is 5.15. The summed E-state index contributed by atoms with van der Waals surface area (Å²) >= 11 is 1.61. The van der Waals surface area contributed by atoms with E-state index >= 15 is 0 Å². The van der Waals surface area contributed by atoms with Gasteiger partial charge in [-0.2, -0.15) is 0 Å². The molecule has 46 heavy (non-hydrogen) atoms. The smallest absolute Gasteiger partial charge is 0.410 e. The van der Waals surface area contributed by atoms with Crippen LogP contribution >= 0.6 is 11.3 Å². The molecule has 1 unspecified atom stereocenters. The number of likely N-dealkylation sites (tertiary alicyclic amines) is 1. The molecule has 10 heteroatoms. The second-order valence-corrected chi connectivity index (χ2v) is 15.0. The van der Waals surface area contributed by atoms with Crippen molar-refractivity contribution in [3.8, 4) is 10.4 Å². The molecule has 0 aliphatic carbocycles. The number of benzene rings is 2. The fraction of sp³-hybridized carbons (Fsp3) is 0.472. The first-order valence-electron chi connectivity index (χ1n) is 15.9. The predicted molar refractivity (Wildman–Crippen MR) is 184 cm³/mol. The van der Waals surface area contributed by atoms with E-state index < -0.39 is 17.3 Å². The molecule has 1 fully saturated rings. The lowest BCUT2D eigenvalue weighted by Crippen LogP contribution is -2.44. The highest BCUT2D eigenvalue weighted by atomic mass is 32.1. The summed E-state index contributed by atoms with van der Waals surface area (Å²) in [6.45, 7) is 16.7. The van der Waals surface area contributed by atoms with Crippen LogP contribution in [0.2, 0.25) is 0 Å². The van der Waals surface area contributed by atoms with Crippen molar-refractivity contribution in [3.05, 3.63) is 76.2 Å². The minimum Gasteiger partial charge on any atom is -0.444 e. The maximum Gasteiger partial charge on any atom is 0.410 e. The first kappa shape index (κ1) is 34.8. The number of amides is 3. The molecule has 1 saturated heterocycles. The Hall–Kier alpha value is -4.05. The zero-order valence-corrected chi connectivity index (χ0v) is 29.1. The summed E-state index contributed by atoms with van der Waals surface area (Å²) in [5.41, 5.74) is 3.40. The molecular formula is C36H48N4O5S. The van der Waals surface area contributed by atoms with Crippen molar-refractivity contribution in [1.82, 2.24) is 15.5 Å². The van der Waals surface area contributed by atoms with Gasteiger partial charge in [0, 0.05) is 40.1 Å². The Bertz CT molecular complexity index is 1530. The number of nitrogens with zero attached hydrogens (tertiary/aromatic N) is 1. The second kappa shape index (κ2) is 14.6. The summed E-state index contributed by atoms with van der Waals surface area (Å²) in [5.74, 6) is -0.134. The van der Waals surface area contributed by atoms with E-state index in [2.05, 4.69) is 22.0 Å². The summed E-state index contributed by atoms with van der Waals surface area (Å²) < 4.78 is 10.8. The second-order valence-electron chi connectivity index (χ2n) is 13.9. The Labute approximate surface area is 277 Å². The summed E-state index contributed by atoms with van der Waals surface area (Å²) in [5, 5.41) is 9.54. The van der Waals surface area contributed by atoms with Crippen molar-refractivity contribution in [1.29, 1.82) is 0 Å². The van der Waals surface area contributed by atoms with Gasteiger partial charge in [-0.05, 0) is 115 Å². The molecule has 0 bridgehead atoms. The number of nitrogens with one attached hydrogen (secondary N) is 3. The SMILES string of the molecule is Cc1ccc(NC2CCN(C(=O)OC(C)(C)C)CC2)cc1C(=O)NC(C)c1cccc(-c2ccc(CNC(=O)OC(C)(C)C)s2)c1. The van der Waals surface area contributed by atoms with Gasteiger partial charge in [-0.1, -0.05) is 24.3 Å². The number of carbonyl (C=O) groups is 3. The zero-order chi connectivity index (χ0) is 33.6. The summed E-state index contributed by atoms with van der Waals surface area (Å²) in [7, 11) is 0. The molecule has 0 radical (unpaired) electrons. The van der Waals surface area contributed by atoms with E-state index in [4.69, 9.17) is 9.47 Å². The quantitative estimate of drug-likeness (QED) is 0.228. The summed E-state index contributed by atoms with van der Waals surface area (Å²) in [4.78, 5) is 41.8. The summed E-state index contributed by atoms with van der Waals surface area (Å²) in [6, 6.07) is 18.1. The van der Waals surface area contributed by atoms with E-state index in [1.807, 2.05) is 104 Å². The van der Waals surface area contributed by atoms with Crippen molar-refractivity contribution < 1.29 is 23.9 Å². The number of ether oxygens (including phenoxy) is 2. The molecule has 0 saturated carbocycles. The van der Waals surface area contributed by atoms with Gasteiger partial charge in [0.05, 0.1) is 12.6 Å². The number of hydrogen-bond acceptors (Lipinski definition) is 7. The van der Waals surface area contributed by atoms with Crippen LogP contribution in [-0.2, 0) is 16.0 Å². The van der Waals surface area contributed by atoms with Crippen molar-refractivity contribution >= 4 is 35.1 Å². The monoisotopic (exact) mass is 648 g/mol. The number of rotatable bonds is 8. The Morgan fingerprint density at radius 1 is 0.935 bits per heavy atom. The van der Waals surface area contributed by atoms with Gasteiger partial charge in [-0.3, -0.25) is 4.79 Å². The minimum atomic E-state index is -0.542. The van der Waals surface area contributed by atoms with Gasteiger partial charge < -0.3 is 30.3 Å². The minimum absolute atomic E-state index is 0.134. The van der Waals surface area contributed by atoms with E-state index in [-0.39, 0.29) is 24.1 Å². The topological polar surface area (TPSA) is 109 Å². The lowest BCUT2D eigenvalue weighted by atomic mass is 10.0.